The predicted molar refractivity (Wildman–Crippen MR) is 67.8 cm³/mol. The molecule has 2 N–H and O–H groups in total. The Morgan fingerprint density at radius 3 is 2.94 bits per heavy atom. The summed E-state index contributed by atoms with van der Waals surface area (Å²) in [4.78, 5) is 0. The van der Waals surface area contributed by atoms with E-state index in [9.17, 15) is 0 Å². The molecule has 18 heavy (non-hydrogen) atoms. The third kappa shape index (κ3) is 2.00. The number of para-hydroxylation sites is 1. The van der Waals surface area contributed by atoms with Gasteiger partial charge in [0.2, 0.25) is 0 Å². The van der Waals surface area contributed by atoms with Crippen molar-refractivity contribution in [3.05, 3.63) is 48.0 Å². The molecule has 92 valence electrons. The number of furan rings is 1. The lowest BCUT2D eigenvalue weighted by atomic mass is 10.1. The van der Waals surface area contributed by atoms with Crippen molar-refractivity contribution in [2.24, 2.45) is 12.8 Å². The van der Waals surface area contributed by atoms with Gasteiger partial charge >= 0.3 is 0 Å². The van der Waals surface area contributed by atoms with Crippen molar-refractivity contribution in [1.82, 2.24) is 15.0 Å². The fourth-order valence-electron chi connectivity index (χ4n) is 2.00. The molecule has 0 amide bonds. The summed E-state index contributed by atoms with van der Waals surface area (Å²) in [6, 6.07) is 9.66. The largest absolute Gasteiger partial charge is 0.459 e. The summed E-state index contributed by atoms with van der Waals surface area (Å²) in [5.41, 5.74) is 7.86. The molecule has 0 radical (unpaired) electrons. The van der Waals surface area contributed by atoms with E-state index in [2.05, 4.69) is 10.3 Å². The van der Waals surface area contributed by atoms with Crippen molar-refractivity contribution in [2.75, 3.05) is 0 Å². The van der Waals surface area contributed by atoms with Gasteiger partial charge in [-0.1, -0.05) is 23.4 Å². The number of fused-ring (bicyclic) bond motifs is 1. The van der Waals surface area contributed by atoms with Crippen LogP contribution in [-0.2, 0) is 13.5 Å². The van der Waals surface area contributed by atoms with Crippen LogP contribution >= 0.6 is 0 Å². The molecule has 2 heterocycles. The zero-order valence-electron chi connectivity index (χ0n) is 10.1. The molecule has 0 aliphatic rings. The number of aryl methyl sites for hydroxylation is 1. The van der Waals surface area contributed by atoms with Gasteiger partial charge in [0.15, 0.2) is 0 Å². The van der Waals surface area contributed by atoms with Crippen LogP contribution in [0, 0.1) is 0 Å². The summed E-state index contributed by atoms with van der Waals surface area (Å²) in [6.07, 6.45) is 2.48. The Morgan fingerprint density at radius 2 is 2.22 bits per heavy atom. The van der Waals surface area contributed by atoms with E-state index >= 15 is 0 Å². The minimum Gasteiger partial charge on any atom is -0.459 e. The first-order valence-electron chi connectivity index (χ1n) is 5.81. The van der Waals surface area contributed by atoms with Crippen molar-refractivity contribution < 1.29 is 4.42 Å². The molecular formula is C13H14N4O. The molecule has 2 aromatic heterocycles. The SMILES string of the molecule is Cn1cc(CC(N)c2cc3ccccc3o2)nn1. The van der Waals surface area contributed by atoms with Crippen LogP contribution in [0.25, 0.3) is 11.0 Å². The van der Waals surface area contributed by atoms with Gasteiger partial charge in [-0.05, 0) is 12.1 Å². The number of rotatable bonds is 3. The van der Waals surface area contributed by atoms with E-state index in [4.69, 9.17) is 10.2 Å². The van der Waals surface area contributed by atoms with Gasteiger partial charge in [0, 0.05) is 25.1 Å². The summed E-state index contributed by atoms with van der Waals surface area (Å²) >= 11 is 0. The van der Waals surface area contributed by atoms with Crippen molar-refractivity contribution in [3.8, 4) is 0 Å². The Bertz CT molecular complexity index is 637. The number of nitrogens with zero attached hydrogens (tertiary/aromatic N) is 3. The van der Waals surface area contributed by atoms with Gasteiger partial charge < -0.3 is 10.2 Å². The van der Waals surface area contributed by atoms with Gasteiger partial charge in [-0.25, -0.2) is 0 Å². The number of hydrogen-bond acceptors (Lipinski definition) is 4. The van der Waals surface area contributed by atoms with Gasteiger partial charge in [0.05, 0.1) is 11.7 Å². The van der Waals surface area contributed by atoms with Crippen molar-refractivity contribution in [1.29, 1.82) is 0 Å². The Morgan fingerprint density at radius 1 is 1.39 bits per heavy atom. The maximum absolute atomic E-state index is 6.13. The molecule has 1 unspecified atom stereocenters. The van der Waals surface area contributed by atoms with Gasteiger partial charge in [-0.3, -0.25) is 4.68 Å². The molecule has 0 saturated carbocycles. The Hall–Kier alpha value is -2.14. The molecule has 5 nitrogen and oxygen atoms in total. The molecule has 0 spiro atoms. The molecule has 3 rings (SSSR count). The standard InChI is InChI=1S/C13H14N4O/c1-17-8-10(15-16-17)7-11(14)13-6-9-4-2-3-5-12(9)18-13/h2-6,8,11H,7,14H2,1H3. The Balaban J connectivity index is 1.85. The number of benzene rings is 1. The first kappa shape index (κ1) is 11.0. The second-order valence-corrected chi connectivity index (χ2v) is 4.38. The summed E-state index contributed by atoms with van der Waals surface area (Å²) in [7, 11) is 1.84. The van der Waals surface area contributed by atoms with Crippen LogP contribution in [0.15, 0.2) is 40.9 Å². The molecule has 0 saturated heterocycles. The highest BCUT2D eigenvalue weighted by molar-refractivity contribution is 5.77. The minimum atomic E-state index is -0.200. The molecule has 3 aromatic rings. The summed E-state index contributed by atoms with van der Waals surface area (Å²) in [6.45, 7) is 0. The number of aromatic nitrogens is 3. The van der Waals surface area contributed by atoms with Crippen LogP contribution in [0.1, 0.15) is 17.5 Å². The zero-order chi connectivity index (χ0) is 12.5. The van der Waals surface area contributed by atoms with E-state index in [0.29, 0.717) is 6.42 Å². The average Bonchev–Trinajstić information content (AvgIpc) is 2.95. The molecular weight excluding hydrogens is 228 g/mol. The van der Waals surface area contributed by atoms with Crippen molar-refractivity contribution in [3.63, 3.8) is 0 Å². The van der Waals surface area contributed by atoms with Gasteiger partial charge in [-0.2, -0.15) is 0 Å². The molecule has 1 aromatic carbocycles. The van der Waals surface area contributed by atoms with Gasteiger partial charge in [0.1, 0.15) is 11.3 Å². The lowest BCUT2D eigenvalue weighted by Crippen LogP contribution is -2.12. The molecule has 0 aliphatic carbocycles. The maximum Gasteiger partial charge on any atom is 0.134 e. The highest BCUT2D eigenvalue weighted by Crippen LogP contribution is 2.24. The van der Waals surface area contributed by atoms with E-state index in [1.165, 1.54) is 0 Å². The van der Waals surface area contributed by atoms with Crippen LogP contribution in [-0.4, -0.2) is 15.0 Å². The quantitative estimate of drug-likeness (QED) is 0.760. The fourth-order valence-corrected chi connectivity index (χ4v) is 2.00. The fraction of sp³-hybridized carbons (Fsp3) is 0.231. The normalized spacial score (nSPS) is 13.0. The van der Waals surface area contributed by atoms with E-state index in [-0.39, 0.29) is 6.04 Å². The third-order valence-corrected chi connectivity index (χ3v) is 2.89. The maximum atomic E-state index is 6.13. The molecule has 0 fully saturated rings. The Kier molecular flexibility index (Phi) is 2.60. The highest BCUT2D eigenvalue weighted by atomic mass is 16.3. The van der Waals surface area contributed by atoms with Crippen LogP contribution in [0.4, 0.5) is 0 Å². The monoisotopic (exact) mass is 242 g/mol. The summed E-state index contributed by atoms with van der Waals surface area (Å²) in [5, 5.41) is 8.98. The summed E-state index contributed by atoms with van der Waals surface area (Å²) < 4.78 is 7.40. The lowest BCUT2D eigenvalue weighted by molar-refractivity contribution is 0.491. The molecule has 1 atom stereocenters. The number of nitrogens with two attached hydrogens (primary N) is 1. The molecule has 0 bridgehead atoms. The highest BCUT2D eigenvalue weighted by Gasteiger charge is 2.14. The minimum absolute atomic E-state index is 0.200. The number of hydrogen-bond donors (Lipinski definition) is 1. The van der Waals surface area contributed by atoms with Crippen LogP contribution in [0.2, 0.25) is 0 Å². The first-order valence-corrected chi connectivity index (χ1v) is 5.81. The van der Waals surface area contributed by atoms with E-state index < -0.39 is 0 Å². The van der Waals surface area contributed by atoms with Gasteiger partial charge in [0.25, 0.3) is 0 Å². The van der Waals surface area contributed by atoms with E-state index in [1.807, 2.05) is 43.6 Å². The second-order valence-electron chi connectivity index (χ2n) is 4.38. The molecule has 0 aliphatic heterocycles. The van der Waals surface area contributed by atoms with Crippen LogP contribution < -0.4 is 5.73 Å². The zero-order valence-corrected chi connectivity index (χ0v) is 10.1. The summed E-state index contributed by atoms with van der Waals surface area (Å²) in [5.74, 6) is 0.779. The average molecular weight is 242 g/mol. The smallest absolute Gasteiger partial charge is 0.134 e. The Labute approximate surface area is 104 Å². The van der Waals surface area contributed by atoms with Crippen molar-refractivity contribution >= 4 is 11.0 Å². The van der Waals surface area contributed by atoms with Crippen LogP contribution in [0.3, 0.4) is 0 Å². The van der Waals surface area contributed by atoms with Crippen LogP contribution in [0.5, 0.6) is 0 Å². The van der Waals surface area contributed by atoms with Gasteiger partial charge in [-0.15, -0.1) is 5.10 Å². The predicted octanol–water partition coefficient (Wildman–Crippen LogP) is 1.80. The van der Waals surface area contributed by atoms with E-state index in [1.54, 1.807) is 4.68 Å². The topological polar surface area (TPSA) is 69.9 Å². The lowest BCUT2D eigenvalue weighted by Gasteiger charge is -2.04. The van der Waals surface area contributed by atoms with Crippen molar-refractivity contribution in [2.45, 2.75) is 12.5 Å². The molecule has 5 heteroatoms. The first-order chi connectivity index (χ1) is 8.72. The van der Waals surface area contributed by atoms with E-state index in [0.717, 1.165) is 22.4 Å². The second kappa shape index (κ2) is 4.27. The third-order valence-electron chi connectivity index (χ3n) is 2.89.